The monoisotopic (exact) mass is 566 g/mol. The van der Waals surface area contributed by atoms with Crippen molar-refractivity contribution in [3.05, 3.63) is 56.2 Å². The van der Waals surface area contributed by atoms with Gasteiger partial charge in [-0.05, 0) is 53.0 Å². The summed E-state index contributed by atoms with van der Waals surface area (Å²) in [5.41, 5.74) is 1.16. The standard InChI is InChI=1S/C24H31BrN4O5S/c1-28-15-18(17-2-4-20(5-3-17)34-12-11-33-10-9-32-8-7-30)14-19(16-28)26-22-21(25)23(31)29-6-13-35-24(29)27-22/h2-6,13,18-19,26,30H,7-12,14-16H2,1H3/t18-,19+/m0/s1. The summed E-state index contributed by atoms with van der Waals surface area (Å²) in [5.74, 6) is 1.76. The molecule has 0 bridgehead atoms. The molecule has 0 radical (unpaired) electrons. The number of ether oxygens (including phenoxy) is 3. The van der Waals surface area contributed by atoms with Gasteiger partial charge in [0.05, 0.1) is 33.0 Å². The van der Waals surface area contributed by atoms with Crippen LogP contribution in [-0.4, -0.2) is 85.2 Å². The Morgan fingerprint density at radius 3 is 2.66 bits per heavy atom. The van der Waals surface area contributed by atoms with E-state index in [1.54, 1.807) is 10.6 Å². The molecule has 3 aromatic rings. The number of nitrogens with zero attached hydrogens (tertiary/aromatic N) is 3. The first-order chi connectivity index (χ1) is 17.0. The Morgan fingerprint density at radius 1 is 1.14 bits per heavy atom. The number of rotatable bonds is 12. The molecule has 1 aromatic carbocycles. The van der Waals surface area contributed by atoms with E-state index in [1.807, 2.05) is 17.5 Å². The van der Waals surface area contributed by atoms with Crippen LogP contribution < -0.4 is 15.6 Å². The average Bonchev–Trinajstić information content (AvgIpc) is 3.33. The highest BCUT2D eigenvalue weighted by molar-refractivity contribution is 9.10. The summed E-state index contributed by atoms with van der Waals surface area (Å²) in [6.07, 6.45) is 2.68. The number of nitrogens with one attached hydrogen (secondary N) is 1. The summed E-state index contributed by atoms with van der Waals surface area (Å²) in [5, 5.41) is 14.0. The molecule has 1 fully saturated rings. The van der Waals surface area contributed by atoms with Gasteiger partial charge >= 0.3 is 0 Å². The average molecular weight is 568 g/mol. The molecule has 35 heavy (non-hydrogen) atoms. The molecule has 1 aliphatic rings. The van der Waals surface area contributed by atoms with Crippen molar-refractivity contribution in [2.24, 2.45) is 0 Å². The van der Waals surface area contributed by atoms with Crippen LogP contribution in [0.25, 0.3) is 4.96 Å². The molecule has 0 aliphatic carbocycles. The van der Waals surface area contributed by atoms with E-state index < -0.39 is 0 Å². The van der Waals surface area contributed by atoms with Crippen LogP contribution in [0.2, 0.25) is 0 Å². The minimum Gasteiger partial charge on any atom is -0.491 e. The van der Waals surface area contributed by atoms with E-state index in [2.05, 4.69) is 50.3 Å². The third-order valence-corrected chi connectivity index (χ3v) is 7.31. The topological polar surface area (TPSA) is 97.6 Å². The molecule has 2 N–H and O–H groups in total. The molecule has 0 saturated carbocycles. The van der Waals surface area contributed by atoms with Crippen LogP contribution in [0.5, 0.6) is 5.75 Å². The minimum absolute atomic E-state index is 0.0235. The smallest absolute Gasteiger partial charge is 0.275 e. The van der Waals surface area contributed by atoms with Gasteiger partial charge in [-0.15, -0.1) is 11.3 Å². The van der Waals surface area contributed by atoms with E-state index in [-0.39, 0.29) is 18.2 Å². The van der Waals surface area contributed by atoms with E-state index in [0.29, 0.717) is 54.2 Å². The lowest BCUT2D eigenvalue weighted by molar-refractivity contribution is 0.0247. The molecule has 0 amide bonds. The zero-order chi connectivity index (χ0) is 24.6. The second kappa shape index (κ2) is 12.8. The third-order valence-electron chi connectivity index (χ3n) is 5.84. The highest BCUT2D eigenvalue weighted by atomic mass is 79.9. The molecule has 1 saturated heterocycles. The molecule has 0 unspecified atom stereocenters. The van der Waals surface area contributed by atoms with Crippen molar-refractivity contribution in [1.29, 1.82) is 0 Å². The normalized spacial score (nSPS) is 18.7. The SMILES string of the molecule is CN1C[C@H](Nc2nc3sccn3c(=O)c2Br)C[C@H](c2ccc(OCCOCCOCCO)cc2)C1. The third kappa shape index (κ3) is 7.02. The lowest BCUT2D eigenvalue weighted by Crippen LogP contribution is -2.43. The van der Waals surface area contributed by atoms with Crippen LogP contribution >= 0.6 is 27.3 Å². The number of aromatic nitrogens is 2. The number of anilines is 1. The Morgan fingerprint density at radius 2 is 1.89 bits per heavy atom. The predicted molar refractivity (Wildman–Crippen MR) is 140 cm³/mol. The fourth-order valence-corrected chi connectivity index (χ4v) is 5.35. The number of aliphatic hydroxyl groups excluding tert-OH is 1. The van der Waals surface area contributed by atoms with Crippen LogP contribution in [-0.2, 0) is 9.47 Å². The summed E-state index contributed by atoms with van der Waals surface area (Å²) in [6, 6.07) is 8.41. The summed E-state index contributed by atoms with van der Waals surface area (Å²) >= 11 is 4.88. The van der Waals surface area contributed by atoms with Crippen LogP contribution in [0, 0.1) is 0 Å². The zero-order valence-electron chi connectivity index (χ0n) is 19.7. The Labute approximate surface area is 216 Å². The van der Waals surface area contributed by atoms with Crippen molar-refractivity contribution in [3.8, 4) is 5.75 Å². The number of halogens is 1. The van der Waals surface area contributed by atoms with Crippen molar-refractivity contribution in [1.82, 2.24) is 14.3 Å². The Hall–Kier alpha value is -2.02. The summed E-state index contributed by atoms with van der Waals surface area (Å²) in [7, 11) is 2.12. The predicted octanol–water partition coefficient (Wildman–Crippen LogP) is 2.82. The van der Waals surface area contributed by atoms with E-state index in [0.717, 1.165) is 25.3 Å². The summed E-state index contributed by atoms with van der Waals surface area (Å²) < 4.78 is 18.4. The van der Waals surface area contributed by atoms with Crippen molar-refractivity contribution in [3.63, 3.8) is 0 Å². The maximum absolute atomic E-state index is 12.6. The van der Waals surface area contributed by atoms with Crippen LogP contribution in [0.15, 0.2) is 45.1 Å². The number of fused-ring (bicyclic) bond motifs is 1. The van der Waals surface area contributed by atoms with Crippen molar-refractivity contribution in [2.45, 2.75) is 18.4 Å². The van der Waals surface area contributed by atoms with Gasteiger partial charge in [-0.1, -0.05) is 12.1 Å². The highest BCUT2D eigenvalue weighted by Gasteiger charge is 2.27. The van der Waals surface area contributed by atoms with Gasteiger partial charge in [-0.3, -0.25) is 9.20 Å². The Bertz CT molecular complexity index is 1140. The van der Waals surface area contributed by atoms with Crippen molar-refractivity contribution in [2.75, 3.05) is 65.1 Å². The number of likely N-dealkylation sites (N-methyl/N-ethyl adjacent to an activating group) is 1. The fourth-order valence-electron chi connectivity index (χ4n) is 4.25. The minimum atomic E-state index is -0.101. The first-order valence-electron chi connectivity index (χ1n) is 11.6. The van der Waals surface area contributed by atoms with E-state index >= 15 is 0 Å². The molecular weight excluding hydrogens is 536 g/mol. The number of hydrogen-bond acceptors (Lipinski definition) is 9. The van der Waals surface area contributed by atoms with Gasteiger partial charge in [0, 0.05) is 30.7 Å². The van der Waals surface area contributed by atoms with Gasteiger partial charge in [0.15, 0.2) is 4.96 Å². The van der Waals surface area contributed by atoms with Gasteiger partial charge in [-0.2, -0.15) is 0 Å². The van der Waals surface area contributed by atoms with Gasteiger partial charge in [-0.25, -0.2) is 4.98 Å². The van der Waals surface area contributed by atoms with Gasteiger partial charge in [0.25, 0.3) is 5.56 Å². The van der Waals surface area contributed by atoms with Crippen LogP contribution in [0.1, 0.15) is 17.9 Å². The second-order valence-corrected chi connectivity index (χ2v) is 10.2. The fraction of sp³-hybridized carbons (Fsp3) is 0.500. The molecule has 0 spiro atoms. The van der Waals surface area contributed by atoms with Crippen molar-refractivity contribution < 1.29 is 19.3 Å². The van der Waals surface area contributed by atoms with E-state index in [4.69, 9.17) is 19.3 Å². The molecular formula is C24H31BrN4O5S. The van der Waals surface area contributed by atoms with Crippen LogP contribution in [0.4, 0.5) is 5.82 Å². The van der Waals surface area contributed by atoms with E-state index in [1.165, 1.54) is 16.9 Å². The maximum atomic E-state index is 12.6. The number of hydrogen-bond donors (Lipinski definition) is 2. The van der Waals surface area contributed by atoms with Crippen molar-refractivity contribution >= 4 is 38.0 Å². The Kier molecular flexibility index (Phi) is 9.52. The molecule has 190 valence electrons. The quantitative estimate of drug-likeness (QED) is 0.323. The molecule has 2 atom stereocenters. The van der Waals surface area contributed by atoms with Gasteiger partial charge in [0.1, 0.15) is 22.6 Å². The van der Waals surface area contributed by atoms with Gasteiger partial charge in [0.2, 0.25) is 0 Å². The number of thiazole rings is 1. The number of aliphatic hydroxyl groups is 1. The summed E-state index contributed by atoms with van der Waals surface area (Å²) in [4.78, 5) is 20.2. The number of piperidine rings is 1. The molecule has 11 heteroatoms. The van der Waals surface area contributed by atoms with E-state index in [9.17, 15) is 4.79 Å². The lowest BCUT2D eigenvalue weighted by Gasteiger charge is -2.36. The zero-order valence-corrected chi connectivity index (χ0v) is 22.1. The first kappa shape index (κ1) is 26.1. The maximum Gasteiger partial charge on any atom is 0.275 e. The molecule has 1 aliphatic heterocycles. The lowest BCUT2D eigenvalue weighted by atomic mass is 9.88. The largest absolute Gasteiger partial charge is 0.491 e. The molecule has 3 heterocycles. The Balaban J connectivity index is 1.30. The highest BCUT2D eigenvalue weighted by Crippen LogP contribution is 2.30. The summed E-state index contributed by atoms with van der Waals surface area (Å²) in [6.45, 7) is 4.09. The molecule has 4 rings (SSSR count). The first-order valence-corrected chi connectivity index (χ1v) is 13.3. The molecule has 9 nitrogen and oxygen atoms in total. The number of likely N-dealkylation sites (tertiary alicyclic amines) is 1. The van der Waals surface area contributed by atoms with Crippen LogP contribution in [0.3, 0.4) is 0 Å². The molecule has 2 aromatic heterocycles. The number of benzene rings is 1. The van der Waals surface area contributed by atoms with Gasteiger partial charge < -0.3 is 29.5 Å². The second-order valence-electron chi connectivity index (χ2n) is 8.50.